The summed E-state index contributed by atoms with van der Waals surface area (Å²) >= 11 is 2.98. The second-order valence-corrected chi connectivity index (χ2v) is 4.56. The molecule has 17 heavy (non-hydrogen) atoms. The topological polar surface area (TPSA) is 32.6 Å². The third-order valence-corrected chi connectivity index (χ3v) is 3.11. The molecule has 0 saturated heterocycles. The van der Waals surface area contributed by atoms with Gasteiger partial charge in [-0.05, 0) is 0 Å². The van der Waals surface area contributed by atoms with Crippen molar-refractivity contribution >= 4 is 26.3 Å². The van der Waals surface area contributed by atoms with Crippen LogP contribution in [0.1, 0.15) is 11.1 Å². The number of hydrogen-bond donors (Lipinski definition) is 1. The van der Waals surface area contributed by atoms with Crippen LogP contribution in [0.15, 0.2) is 53.5 Å². The summed E-state index contributed by atoms with van der Waals surface area (Å²) in [4.78, 5) is 4.48. The van der Waals surface area contributed by atoms with Crippen LogP contribution >= 0.6 is 0 Å². The number of phenols is 1. The molecule has 1 N–H and O–H groups in total. The third kappa shape index (κ3) is 2.96. The molecule has 0 atom stereocenters. The molecule has 0 aliphatic rings. The Kier molecular flexibility index (Phi) is 3.62. The van der Waals surface area contributed by atoms with Gasteiger partial charge in [-0.15, -0.1) is 0 Å². The number of aliphatic imine (C=N–C) groups is 1. The molecule has 0 saturated carbocycles. The van der Waals surface area contributed by atoms with Crippen LogP contribution in [-0.2, 0) is 0 Å². The molecule has 2 aromatic carbocycles. The molecule has 0 spiro atoms. The van der Waals surface area contributed by atoms with Crippen molar-refractivity contribution in [3.05, 3.63) is 59.7 Å². The van der Waals surface area contributed by atoms with Gasteiger partial charge in [-0.2, -0.15) is 0 Å². The van der Waals surface area contributed by atoms with E-state index in [2.05, 4.69) is 34.0 Å². The van der Waals surface area contributed by atoms with Gasteiger partial charge in [0, 0.05) is 0 Å². The number of benzene rings is 2. The summed E-state index contributed by atoms with van der Waals surface area (Å²) in [5.41, 5.74) is 3.10. The first kappa shape index (κ1) is 11.9. The molecule has 0 heterocycles. The number of aryl methyl sites for hydroxylation is 1. The van der Waals surface area contributed by atoms with Crippen LogP contribution in [0.3, 0.4) is 0 Å². The Labute approximate surface area is 109 Å². The first-order valence-corrected chi connectivity index (χ1v) is 6.13. The van der Waals surface area contributed by atoms with E-state index in [0.717, 1.165) is 15.9 Å². The predicted molar refractivity (Wildman–Crippen MR) is 71.2 cm³/mol. The Morgan fingerprint density at radius 2 is 1.71 bits per heavy atom. The quantitative estimate of drug-likeness (QED) is 0.669. The molecule has 3 heteroatoms. The average molecular weight is 289 g/mol. The first-order chi connectivity index (χ1) is 8.16. The zero-order valence-corrected chi connectivity index (χ0v) is 11.1. The van der Waals surface area contributed by atoms with Crippen LogP contribution in [0.5, 0.6) is 5.75 Å². The third-order valence-electron chi connectivity index (χ3n) is 2.46. The summed E-state index contributed by atoms with van der Waals surface area (Å²) in [6.07, 6.45) is 0. The van der Waals surface area contributed by atoms with E-state index in [9.17, 15) is 5.11 Å². The molecule has 0 aromatic heterocycles. The number of rotatable bonds is 2. The Morgan fingerprint density at radius 3 is 2.35 bits per heavy atom. The minimum atomic E-state index is 0.251. The molecule has 0 aliphatic heterocycles. The van der Waals surface area contributed by atoms with Crippen LogP contribution in [0.2, 0.25) is 0 Å². The standard InChI is InChI=1S/C14H12NOSe/c1-10-4-2-3-5-13(10)14(17)15-11-6-8-12(16)9-7-11/h2-9,16H,1H3. The van der Waals surface area contributed by atoms with Crippen LogP contribution < -0.4 is 0 Å². The Balaban J connectivity index is 2.34. The minimum absolute atomic E-state index is 0.251. The van der Waals surface area contributed by atoms with Crippen molar-refractivity contribution in [1.82, 2.24) is 0 Å². The monoisotopic (exact) mass is 290 g/mol. The fraction of sp³-hybridized carbons (Fsp3) is 0.0714. The molecule has 0 bridgehead atoms. The summed E-state index contributed by atoms with van der Waals surface area (Å²) in [7, 11) is 0. The van der Waals surface area contributed by atoms with Crippen molar-refractivity contribution in [2.75, 3.05) is 0 Å². The molecule has 0 amide bonds. The first-order valence-electron chi connectivity index (χ1n) is 5.27. The van der Waals surface area contributed by atoms with E-state index in [1.54, 1.807) is 24.3 Å². The summed E-state index contributed by atoms with van der Waals surface area (Å²) in [5, 5.41) is 9.20. The second-order valence-electron chi connectivity index (χ2n) is 3.75. The molecule has 2 nitrogen and oxygen atoms in total. The van der Waals surface area contributed by atoms with Crippen LogP contribution in [0.25, 0.3) is 0 Å². The molecule has 2 aromatic rings. The van der Waals surface area contributed by atoms with Crippen molar-refractivity contribution in [3.63, 3.8) is 0 Å². The molecule has 0 fully saturated rings. The Bertz CT molecular complexity index is 546. The fourth-order valence-electron chi connectivity index (χ4n) is 1.52. The average Bonchev–Trinajstić information content (AvgIpc) is 2.32. The van der Waals surface area contributed by atoms with Crippen LogP contribution in [0, 0.1) is 6.92 Å². The van der Waals surface area contributed by atoms with E-state index in [-0.39, 0.29) is 5.75 Å². The van der Waals surface area contributed by atoms with E-state index in [1.807, 2.05) is 18.2 Å². The summed E-state index contributed by atoms with van der Waals surface area (Å²) in [6.45, 7) is 2.05. The maximum atomic E-state index is 9.20. The van der Waals surface area contributed by atoms with E-state index in [1.165, 1.54) is 5.56 Å². The summed E-state index contributed by atoms with van der Waals surface area (Å²) in [6, 6.07) is 14.9. The zero-order valence-electron chi connectivity index (χ0n) is 9.42. The second kappa shape index (κ2) is 5.17. The van der Waals surface area contributed by atoms with Gasteiger partial charge in [0.2, 0.25) is 0 Å². The van der Waals surface area contributed by atoms with E-state index in [0.29, 0.717) is 0 Å². The molecule has 0 aliphatic carbocycles. The zero-order chi connectivity index (χ0) is 12.3. The fourth-order valence-corrected chi connectivity index (χ4v) is 2.22. The molecule has 2 rings (SSSR count). The van der Waals surface area contributed by atoms with Gasteiger partial charge in [-0.1, -0.05) is 0 Å². The Morgan fingerprint density at radius 1 is 1.06 bits per heavy atom. The Hall–Kier alpha value is -1.57. The SMILES string of the molecule is Cc1ccccc1C([Se])=Nc1ccc(O)cc1. The predicted octanol–water partition coefficient (Wildman–Crippen LogP) is 2.95. The van der Waals surface area contributed by atoms with Crippen molar-refractivity contribution in [2.45, 2.75) is 6.92 Å². The normalized spacial score (nSPS) is 11.5. The van der Waals surface area contributed by atoms with Gasteiger partial charge in [-0.3, -0.25) is 0 Å². The van der Waals surface area contributed by atoms with Crippen molar-refractivity contribution in [1.29, 1.82) is 0 Å². The van der Waals surface area contributed by atoms with Crippen molar-refractivity contribution < 1.29 is 5.11 Å². The van der Waals surface area contributed by atoms with E-state index in [4.69, 9.17) is 0 Å². The maximum absolute atomic E-state index is 9.20. The van der Waals surface area contributed by atoms with Gasteiger partial charge in [0.25, 0.3) is 0 Å². The van der Waals surface area contributed by atoms with Gasteiger partial charge in [0.15, 0.2) is 0 Å². The van der Waals surface area contributed by atoms with Gasteiger partial charge in [0.1, 0.15) is 0 Å². The van der Waals surface area contributed by atoms with Gasteiger partial charge >= 0.3 is 109 Å². The van der Waals surface area contributed by atoms with Crippen molar-refractivity contribution in [3.8, 4) is 5.75 Å². The van der Waals surface area contributed by atoms with E-state index < -0.39 is 0 Å². The number of nitrogens with zero attached hydrogens (tertiary/aromatic N) is 1. The summed E-state index contributed by atoms with van der Waals surface area (Å²) in [5.74, 6) is 0.251. The van der Waals surface area contributed by atoms with Gasteiger partial charge in [-0.25, -0.2) is 0 Å². The number of aromatic hydroxyl groups is 1. The molecular weight excluding hydrogens is 277 g/mol. The van der Waals surface area contributed by atoms with Gasteiger partial charge < -0.3 is 0 Å². The number of hydrogen-bond acceptors (Lipinski definition) is 2. The van der Waals surface area contributed by atoms with Crippen LogP contribution in [-0.4, -0.2) is 25.7 Å². The molecule has 0 unspecified atom stereocenters. The number of phenolic OH excluding ortho intramolecular Hbond substituents is 1. The van der Waals surface area contributed by atoms with Gasteiger partial charge in [0.05, 0.1) is 0 Å². The van der Waals surface area contributed by atoms with Crippen LogP contribution in [0.4, 0.5) is 5.69 Å². The summed E-state index contributed by atoms with van der Waals surface area (Å²) < 4.78 is 0.855. The van der Waals surface area contributed by atoms with Crippen molar-refractivity contribution in [2.24, 2.45) is 4.99 Å². The molecule has 85 valence electrons. The molecule has 1 radical (unpaired) electrons. The van der Waals surface area contributed by atoms with E-state index >= 15 is 0 Å². The molecular formula is C14H12NOSe.